The molecule has 0 aromatic heterocycles. The van der Waals surface area contributed by atoms with Crippen LogP contribution in [0.2, 0.25) is 0 Å². The number of esters is 5. The molecule has 12 heteroatoms. The third kappa shape index (κ3) is 9.43. The van der Waals surface area contributed by atoms with Crippen molar-refractivity contribution >= 4 is 29.8 Å². The monoisotopic (exact) mass is 664 g/mol. The van der Waals surface area contributed by atoms with E-state index in [9.17, 15) is 24.0 Å². The largest absolute Gasteiger partial charge is 0.462 e. The number of rotatable bonds is 7. The standard InChI is InChI=1S/C35H52O12/c1-18-14-15-19-16-21(36)43-26(22(18)19)47-27-25(46-31(40)35(11,12)13)24(45-30(39)34(8,9)10)23(44-29(38)33(5,6)7)20(42-27)17-41-28(37)32(2,3)4/h14,16,20,22-27H,15,17H2,1-13H3/t20-,22-,23-,24+,25-,26+,27+/m1/s1. The third-order valence-corrected chi connectivity index (χ3v) is 7.77. The molecule has 12 nitrogen and oxygen atoms in total. The maximum absolute atomic E-state index is 13.5. The molecule has 0 bridgehead atoms. The highest BCUT2D eigenvalue weighted by Crippen LogP contribution is 2.41. The lowest BCUT2D eigenvalue weighted by Crippen LogP contribution is -2.65. The van der Waals surface area contributed by atoms with Gasteiger partial charge in [-0.25, -0.2) is 4.79 Å². The SMILES string of the molecule is CC1=CCC2=CC(=O)O[C@@H](O[C@@H]3O[C@H](COC(=O)C(C)(C)C)[C@@H](OC(=O)C(C)(C)C)[C@H](OC(=O)C(C)(C)C)[C@H]3OC(=O)C(C)(C)C)[C@H]12. The van der Waals surface area contributed by atoms with Gasteiger partial charge in [0.25, 0.3) is 0 Å². The van der Waals surface area contributed by atoms with Gasteiger partial charge in [-0.1, -0.05) is 11.6 Å². The summed E-state index contributed by atoms with van der Waals surface area (Å²) in [6, 6.07) is 0. The minimum atomic E-state index is -1.52. The van der Waals surface area contributed by atoms with Crippen LogP contribution >= 0.6 is 0 Å². The molecule has 264 valence electrons. The number of fused-ring (bicyclic) bond motifs is 1. The minimum Gasteiger partial charge on any atom is -0.462 e. The van der Waals surface area contributed by atoms with Crippen LogP contribution in [0.25, 0.3) is 0 Å². The Morgan fingerprint density at radius 2 is 1.17 bits per heavy atom. The molecule has 0 aromatic carbocycles. The van der Waals surface area contributed by atoms with Crippen molar-refractivity contribution in [2.45, 2.75) is 133 Å². The molecule has 47 heavy (non-hydrogen) atoms. The second kappa shape index (κ2) is 13.7. The van der Waals surface area contributed by atoms with Crippen molar-refractivity contribution in [3.63, 3.8) is 0 Å². The summed E-state index contributed by atoms with van der Waals surface area (Å²) in [7, 11) is 0. The smallest absolute Gasteiger partial charge is 0.333 e. The van der Waals surface area contributed by atoms with Gasteiger partial charge in [-0.05, 0) is 102 Å². The minimum absolute atomic E-state index is 0.431. The molecule has 0 unspecified atom stereocenters. The number of carbonyl (C=O) groups excluding carboxylic acids is 5. The van der Waals surface area contributed by atoms with E-state index in [1.807, 2.05) is 13.0 Å². The average molecular weight is 665 g/mol. The van der Waals surface area contributed by atoms with E-state index in [0.717, 1.165) is 11.1 Å². The second-order valence-electron chi connectivity index (χ2n) is 16.5. The van der Waals surface area contributed by atoms with Gasteiger partial charge in [0, 0.05) is 6.08 Å². The van der Waals surface area contributed by atoms with Gasteiger partial charge in [-0.2, -0.15) is 0 Å². The molecule has 7 atom stereocenters. The van der Waals surface area contributed by atoms with Crippen molar-refractivity contribution in [1.82, 2.24) is 0 Å². The van der Waals surface area contributed by atoms with Crippen LogP contribution in [-0.4, -0.2) is 73.4 Å². The first-order valence-corrected chi connectivity index (χ1v) is 16.0. The Labute approximate surface area is 277 Å². The summed E-state index contributed by atoms with van der Waals surface area (Å²) in [5.74, 6) is -3.66. The van der Waals surface area contributed by atoms with Gasteiger partial charge in [0.2, 0.25) is 12.6 Å². The summed E-state index contributed by atoms with van der Waals surface area (Å²) in [6.07, 6.45) is -4.45. The Hall–Kier alpha value is -3.25. The van der Waals surface area contributed by atoms with Gasteiger partial charge < -0.3 is 33.2 Å². The average Bonchev–Trinajstić information content (AvgIpc) is 3.28. The van der Waals surface area contributed by atoms with E-state index < -0.39 is 101 Å². The van der Waals surface area contributed by atoms with E-state index in [2.05, 4.69) is 0 Å². The topological polar surface area (TPSA) is 150 Å². The maximum atomic E-state index is 13.5. The van der Waals surface area contributed by atoms with E-state index in [1.165, 1.54) is 6.08 Å². The Kier molecular flexibility index (Phi) is 11.1. The number of hydrogen-bond donors (Lipinski definition) is 0. The quantitative estimate of drug-likeness (QED) is 0.205. The lowest BCUT2D eigenvalue weighted by Gasteiger charge is -2.46. The zero-order valence-electron chi connectivity index (χ0n) is 30.0. The van der Waals surface area contributed by atoms with Gasteiger partial charge in [0.1, 0.15) is 12.7 Å². The van der Waals surface area contributed by atoms with Crippen molar-refractivity contribution < 1.29 is 57.1 Å². The lowest BCUT2D eigenvalue weighted by molar-refractivity contribution is -0.341. The highest BCUT2D eigenvalue weighted by molar-refractivity contribution is 5.84. The Balaban J connectivity index is 2.16. The number of allylic oxidation sites excluding steroid dienone is 1. The van der Waals surface area contributed by atoms with E-state index >= 15 is 0 Å². The molecule has 2 heterocycles. The zero-order valence-corrected chi connectivity index (χ0v) is 30.0. The van der Waals surface area contributed by atoms with Crippen LogP contribution in [-0.2, 0) is 57.1 Å². The van der Waals surface area contributed by atoms with Gasteiger partial charge >= 0.3 is 29.8 Å². The summed E-state index contributed by atoms with van der Waals surface area (Å²) in [5, 5.41) is 0. The highest BCUT2D eigenvalue weighted by Gasteiger charge is 2.56. The van der Waals surface area contributed by atoms with Crippen LogP contribution in [0.5, 0.6) is 0 Å². The third-order valence-electron chi connectivity index (χ3n) is 7.77. The van der Waals surface area contributed by atoms with Crippen molar-refractivity contribution in [3.05, 3.63) is 23.3 Å². The molecule has 0 radical (unpaired) electrons. The molecule has 0 spiro atoms. The Morgan fingerprint density at radius 1 is 0.702 bits per heavy atom. The fraction of sp³-hybridized carbons (Fsp3) is 0.743. The first-order chi connectivity index (χ1) is 21.3. The van der Waals surface area contributed by atoms with Crippen molar-refractivity contribution in [1.29, 1.82) is 0 Å². The number of ether oxygens (including phenoxy) is 7. The van der Waals surface area contributed by atoms with E-state index in [1.54, 1.807) is 83.1 Å². The van der Waals surface area contributed by atoms with Crippen LogP contribution < -0.4 is 0 Å². The van der Waals surface area contributed by atoms with Crippen LogP contribution in [0.1, 0.15) is 96.4 Å². The van der Waals surface area contributed by atoms with Crippen LogP contribution in [0.15, 0.2) is 23.3 Å². The predicted molar refractivity (Wildman–Crippen MR) is 168 cm³/mol. The van der Waals surface area contributed by atoms with E-state index in [4.69, 9.17) is 33.2 Å². The van der Waals surface area contributed by atoms with Crippen molar-refractivity contribution in [3.8, 4) is 0 Å². The normalized spacial score (nSPS) is 28.3. The van der Waals surface area contributed by atoms with Gasteiger partial charge in [-0.3, -0.25) is 19.2 Å². The molecule has 0 N–H and O–H groups in total. The summed E-state index contributed by atoms with van der Waals surface area (Å²) in [4.78, 5) is 65.7. The number of cyclic esters (lactones) is 1. The Morgan fingerprint density at radius 3 is 1.66 bits per heavy atom. The van der Waals surface area contributed by atoms with E-state index in [0.29, 0.717) is 6.42 Å². The highest BCUT2D eigenvalue weighted by atomic mass is 16.8. The summed E-state index contributed by atoms with van der Waals surface area (Å²) < 4.78 is 41.9. The van der Waals surface area contributed by atoms with Crippen LogP contribution in [0.4, 0.5) is 0 Å². The first kappa shape index (κ1) is 38.2. The molecule has 0 amide bonds. The maximum Gasteiger partial charge on any atom is 0.333 e. The first-order valence-electron chi connectivity index (χ1n) is 16.0. The fourth-order valence-corrected chi connectivity index (χ4v) is 4.77. The Bertz CT molecular complexity index is 1300. The molecule has 0 saturated carbocycles. The van der Waals surface area contributed by atoms with Gasteiger partial charge in [0.05, 0.1) is 27.6 Å². The predicted octanol–water partition coefficient (Wildman–Crippen LogP) is 4.97. The molecule has 1 aliphatic carbocycles. The van der Waals surface area contributed by atoms with E-state index in [-0.39, 0.29) is 0 Å². The molecule has 1 fully saturated rings. The number of carbonyl (C=O) groups is 5. The zero-order chi connectivity index (χ0) is 35.9. The molecule has 3 rings (SSSR count). The molecule has 3 aliphatic rings. The second-order valence-corrected chi connectivity index (χ2v) is 16.5. The fourth-order valence-electron chi connectivity index (χ4n) is 4.77. The van der Waals surface area contributed by atoms with Crippen molar-refractivity contribution in [2.75, 3.05) is 6.61 Å². The lowest BCUT2D eigenvalue weighted by atomic mass is 9.92. The summed E-state index contributed by atoms with van der Waals surface area (Å²) in [5.41, 5.74) is -2.23. The summed E-state index contributed by atoms with van der Waals surface area (Å²) in [6.45, 7) is 21.3. The van der Waals surface area contributed by atoms with Crippen LogP contribution in [0, 0.1) is 27.6 Å². The van der Waals surface area contributed by atoms with Gasteiger partial charge in [-0.15, -0.1) is 0 Å². The molecule has 0 aromatic rings. The number of hydrogen-bond acceptors (Lipinski definition) is 12. The molecule has 1 saturated heterocycles. The van der Waals surface area contributed by atoms with Gasteiger partial charge in [0.15, 0.2) is 18.3 Å². The molecule has 2 aliphatic heterocycles. The summed E-state index contributed by atoms with van der Waals surface area (Å²) >= 11 is 0. The molecular weight excluding hydrogens is 612 g/mol. The van der Waals surface area contributed by atoms with Crippen LogP contribution in [0.3, 0.4) is 0 Å². The molecular formula is C35H52O12. The van der Waals surface area contributed by atoms with Crippen molar-refractivity contribution in [2.24, 2.45) is 27.6 Å².